The zero-order valence-electron chi connectivity index (χ0n) is 18.0. The summed E-state index contributed by atoms with van der Waals surface area (Å²) in [4.78, 5) is 15.5. The summed E-state index contributed by atoms with van der Waals surface area (Å²) in [5.74, 6) is -3.44. The van der Waals surface area contributed by atoms with Crippen LogP contribution in [-0.4, -0.2) is 58.5 Å². The number of morpholine rings is 1. The highest BCUT2D eigenvalue weighted by Crippen LogP contribution is 2.35. The van der Waals surface area contributed by atoms with Crippen LogP contribution in [0.25, 0.3) is 0 Å². The Hall–Kier alpha value is -1.99. The summed E-state index contributed by atoms with van der Waals surface area (Å²) in [6, 6.07) is 7.57. The Morgan fingerprint density at radius 1 is 1.14 bits per heavy atom. The van der Waals surface area contributed by atoms with E-state index in [1.54, 1.807) is 4.90 Å². The topological polar surface area (TPSA) is 76.2 Å². The Labute approximate surface area is 214 Å². The van der Waals surface area contributed by atoms with Crippen molar-refractivity contribution in [3.63, 3.8) is 0 Å². The zero-order chi connectivity index (χ0) is 26.4. The molecule has 0 saturated carbocycles. The molecule has 0 bridgehead atoms. The number of ether oxygens (including phenoxy) is 1. The van der Waals surface area contributed by atoms with Crippen LogP contribution in [0.2, 0.25) is 5.02 Å². The Morgan fingerprint density at radius 3 is 2.20 bits per heavy atom. The third-order valence-corrected chi connectivity index (χ3v) is 5.85. The van der Waals surface area contributed by atoms with Crippen LogP contribution in [0.5, 0.6) is 5.75 Å². The van der Waals surface area contributed by atoms with Crippen molar-refractivity contribution >= 4 is 62.2 Å². The van der Waals surface area contributed by atoms with E-state index in [2.05, 4.69) is 4.18 Å². The third-order valence-electron chi connectivity index (χ3n) is 4.63. The molecule has 1 heterocycles. The van der Waals surface area contributed by atoms with E-state index in [9.17, 15) is 26.4 Å². The Kier molecular flexibility index (Phi) is 10.3. The van der Waals surface area contributed by atoms with Gasteiger partial charge in [-0.05, 0) is 30.3 Å². The highest BCUT2D eigenvalue weighted by molar-refractivity contribution is 7.88. The predicted octanol–water partition coefficient (Wildman–Crippen LogP) is 5.24. The molecular weight excluding hydrogens is 563 g/mol. The fraction of sp³-hybridized carbons (Fsp3) is 0.350. The number of benzene rings is 2. The van der Waals surface area contributed by atoms with Gasteiger partial charge < -0.3 is 18.7 Å². The van der Waals surface area contributed by atoms with Crippen molar-refractivity contribution in [1.29, 1.82) is 0 Å². The molecule has 194 valence electrons. The number of hydrogen-bond donors (Lipinski definition) is 0. The lowest BCUT2D eigenvalue weighted by Crippen LogP contribution is -2.36. The highest BCUT2D eigenvalue weighted by atomic mass is 35.5. The Balaban J connectivity index is 0.00000137. The molecule has 1 aliphatic rings. The molecule has 0 unspecified atom stereocenters. The molecule has 1 fully saturated rings. The molecular formula is C20H19Cl3F4N2O5S. The summed E-state index contributed by atoms with van der Waals surface area (Å²) in [7, 11) is -4.93. The summed E-state index contributed by atoms with van der Waals surface area (Å²) in [5.41, 5.74) is -6.46. The van der Waals surface area contributed by atoms with E-state index in [4.69, 9.17) is 39.5 Å². The predicted molar refractivity (Wildman–Crippen MR) is 126 cm³/mol. The second-order valence-electron chi connectivity index (χ2n) is 6.82. The number of alkyl halides is 5. The van der Waals surface area contributed by atoms with E-state index in [1.165, 1.54) is 31.3 Å². The van der Waals surface area contributed by atoms with Crippen molar-refractivity contribution < 1.29 is 39.7 Å². The fourth-order valence-corrected chi connectivity index (χ4v) is 3.55. The summed E-state index contributed by atoms with van der Waals surface area (Å²) in [5, 5.41) is 0.552. The molecule has 0 aromatic heterocycles. The van der Waals surface area contributed by atoms with Crippen molar-refractivity contribution in [3.8, 4) is 5.75 Å². The zero-order valence-corrected chi connectivity index (χ0v) is 21.1. The molecule has 2 aromatic rings. The molecule has 1 aliphatic heterocycles. The van der Waals surface area contributed by atoms with Gasteiger partial charge in [-0.1, -0.05) is 11.6 Å². The molecule has 0 N–H and O–H groups in total. The van der Waals surface area contributed by atoms with Crippen molar-refractivity contribution in [2.75, 3.05) is 48.5 Å². The molecule has 0 spiro atoms. The standard InChI is InChI=1S/C19H17ClF4N2O5S.CH2Cl2/c1-25(13-4-2-12(20)3-5-13)18(27)17-15(21)10-14(26-6-8-30-9-7-26)11-16(17)31-32(28,29)19(22,23)24;2-1-3/h2-5,10-11H,6-9H2,1H3;1H2. The number of carbonyl (C=O) groups is 1. The van der Waals surface area contributed by atoms with Gasteiger partial charge in [0.1, 0.15) is 11.4 Å². The number of nitrogens with zero attached hydrogens (tertiary/aromatic N) is 2. The first-order valence-corrected chi connectivity index (χ1v) is 12.5. The van der Waals surface area contributed by atoms with Crippen LogP contribution in [0.4, 0.5) is 28.9 Å². The second-order valence-corrected chi connectivity index (χ2v) is 9.61. The van der Waals surface area contributed by atoms with Gasteiger partial charge in [0.2, 0.25) is 0 Å². The van der Waals surface area contributed by atoms with Gasteiger partial charge in [-0.25, -0.2) is 4.39 Å². The van der Waals surface area contributed by atoms with Crippen molar-refractivity contribution in [2.24, 2.45) is 0 Å². The van der Waals surface area contributed by atoms with E-state index in [1.807, 2.05) is 0 Å². The maximum absolute atomic E-state index is 15.0. The first-order chi connectivity index (χ1) is 16.3. The van der Waals surface area contributed by atoms with Gasteiger partial charge in [0.15, 0.2) is 5.75 Å². The van der Waals surface area contributed by atoms with E-state index in [0.717, 1.165) is 17.0 Å². The average molecular weight is 582 g/mol. The smallest absolute Gasteiger partial charge is 0.378 e. The molecule has 15 heteroatoms. The third kappa shape index (κ3) is 7.50. The maximum Gasteiger partial charge on any atom is 0.534 e. The average Bonchev–Trinajstić information content (AvgIpc) is 2.78. The van der Waals surface area contributed by atoms with Gasteiger partial charge in [-0.3, -0.25) is 4.79 Å². The molecule has 1 saturated heterocycles. The van der Waals surface area contributed by atoms with Crippen LogP contribution in [0.15, 0.2) is 36.4 Å². The van der Waals surface area contributed by atoms with Gasteiger partial charge in [0.25, 0.3) is 5.91 Å². The quantitative estimate of drug-likeness (QED) is 0.208. The number of rotatable bonds is 5. The minimum Gasteiger partial charge on any atom is -0.378 e. The lowest BCUT2D eigenvalue weighted by molar-refractivity contribution is -0.0500. The minimum absolute atomic E-state index is 0.0453. The summed E-state index contributed by atoms with van der Waals surface area (Å²) < 4.78 is 86.5. The summed E-state index contributed by atoms with van der Waals surface area (Å²) in [6.45, 7) is 1.11. The largest absolute Gasteiger partial charge is 0.534 e. The lowest BCUT2D eigenvalue weighted by atomic mass is 10.1. The van der Waals surface area contributed by atoms with Crippen molar-refractivity contribution in [2.45, 2.75) is 5.51 Å². The number of hydrogen-bond acceptors (Lipinski definition) is 6. The second kappa shape index (κ2) is 12.3. The van der Waals surface area contributed by atoms with Crippen LogP contribution < -0.4 is 14.0 Å². The molecule has 35 heavy (non-hydrogen) atoms. The first-order valence-electron chi connectivity index (χ1n) is 9.65. The molecule has 1 amide bonds. The molecule has 0 radical (unpaired) electrons. The van der Waals surface area contributed by atoms with Crippen LogP contribution in [0, 0.1) is 5.82 Å². The SMILES string of the molecule is CN(C(=O)c1c(F)cc(N2CCOCC2)cc1OS(=O)(=O)C(F)(F)F)c1ccc(Cl)cc1.ClCCl. The number of anilines is 2. The van der Waals surface area contributed by atoms with Crippen molar-refractivity contribution in [1.82, 2.24) is 0 Å². The minimum atomic E-state index is -6.17. The van der Waals surface area contributed by atoms with Crippen LogP contribution in [0.1, 0.15) is 10.4 Å². The van der Waals surface area contributed by atoms with E-state index < -0.39 is 38.7 Å². The molecule has 0 aliphatic carbocycles. The Bertz CT molecular complexity index is 1130. The van der Waals surface area contributed by atoms with E-state index >= 15 is 4.39 Å². The van der Waals surface area contributed by atoms with Crippen LogP contribution in [-0.2, 0) is 14.9 Å². The monoisotopic (exact) mass is 580 g/mol. The van der Waals surface area contributed by atoms with E-state index in [-0.39, 0.29) is 43.0 Å². The first kappa shape index (κ1) is 29.2. The van der Waals surface area contributed by atoms with Crippen molar-refractivity contribution in [3.05, 3.63) is 52.8 Å². The summed E-state index contributed by atoms with van der Waals surface area (Å²) >= 11 is 15.3. The highest BCUT2D eigenvalue weighted by Gasteiger charge is 2.49. The van der Waals surface area contributed by atoms with Gasteiger partial charge in [0.05, 0.1) is 18.6 Å². The van der Waals surface area contributed by atoms with Crippen LogP contribution in [0.3, 0.4) is 0 Å². The van der Waals surface area contributed by atoms with Gasteiger partial charge in [-0.15, -0.1) is 23.2 Å². The molecule has 7 nitrogen and oxygen atoms in total. The van der Waals surface area contributed by atoms with E-state index in [0.29, 0.717) is 5.02 Å². The fourth-order valence-electron chi connectivity index (χ4n) is 2.96. The maximum atomic E-state index is 15.0. The van der Waals surface area contributed by atoms with Gasteiger partial charge in [-0.2, -0.15) is 21.6 Å². The number of carbonyl (C=O) groups excluding carboxylic acids is 1. The number of halogens is 7. The Morgan fingerprint density at radius 2 is 1.69 bits per heavy atom. The van der Waals surface area contributed by atoms with Gasteiger partial charge in [0, 0.05) is 42.6 Å². The number of amides is 1. The molecule has 0 atom stereocenters. The normalized spacial score (nSPS) is 14.1. The summed E-state index contributed by atoms with van der Waals surface area (Å²) in [6.07, 6.45) is 0. The lowest BCUT2D eigenvalue weighted by Gasteiger charge is -2.29. The molecule has 2 aromatic carbocycles. The van der Waals surface area contributed by atoms with Crippen LogP contribution >= 0.6 is 34.8 Å². The van der Waals surface area contributed by atoms with Gasteiger partial charge >= 0.3 is 15.6 Å². The molecule has 3 rings (SSSR count).